The molecule has 1 aromatic carbocycles. The number of rotatable bonds is 6. The fourth-order valence-electron chi connectivity index (χ4n) is 3.12. The maximum absolute atomic E-state index is 12.9. The van der Waals surface area contributed by atoms with Crippen LogP contribution in [0.4, 0.5) is 5.69 Å². The van der Waals surface area contributed by atoms with E-state index in [1.54, 1.807) is 6.20 Å². The quantitative estimate of drug-likeness (QED) is 0.656. The molecule has 1 atom stereocenters. The molecule has 138 valence electrons. The lowest BCUT2D eigenvalue weighted by Crippen LogP contribution is -2.23. The van der Waals surface area contributed by atoms with Crippen LogP contribution in [0.5, 0.6) is 0 Å². The second-order valence-electron chi connectivity index (χ2n) is 7.19. The number of hydrogen-bond donors (Lipinski definition) is 1. The summed E-state index contributed by atoms with van der Waals surface area (Å²) in [5.41, 5.74) is 4.80. The van der Waals surface area contributed by atoms with Crippen LogP contribution in [-0.4, -0.2) is 15.9 Å². The molecule has 0 aliphatic carbocycles. The lowest BCUT2D eigenvalue weighted by atomic mass is 9.92. The van der Waals surface area contributed by atoms with E-state index in [0.29, 0.717) is 5.92 Å². The summed E-state index contributed by atoms with van der Waals surface area (Å²) in [5.74, 6) is 0.128. The molecule has 27 heavy (non-hydrogen) atoms. The highest BCUT2D eigenvalue weighted by Crippen LogP contribution is 2.26. The first kappa shape index (κ1) is 18.8. The summed E-state index contributed by atoms with van der Waals surface area (Å²) in [6, 6.07) is 17.7. The van der Waals surface area contributed by atoms with E-state index >= 15 is 0 Å². The highest BCUT2D eigenvalue weighted by molar-refractivity contribution is 5.95. The fraction of sp³-hybridized carbons (Fsp3) is 0.261. The van der Waals surface area contributed by atoms with Crippen molar-refractivity contribution < 1.29 is 4.79 Å². The number of aryl methyl sites for hydroxylation is 1. The van der Waals surface area contributed by atoms with Crippen LogP contribution in [0.1, 0.15) is 37.6 Å². The van der Waals surface area contributed by atoms with Crippen LogP contribution in [0.3, 0.4) is 0 Å². The van der Waals surface area contributed by atoms with Gasteiger partial charge in [-0.1, -0.05) is 32.0 Å². The van der Waals surface area contributed by atoms with Crippen molar-refractivity contribution in [3.63, 3.8) is 0 Å². The van der Waals surface area contributed by atoms with Crippen LogP contribution < -0.4 is 5.32 Å². The normalized spacial score (nSPS) is 12.0. The third kappa shape index (κ3) is 5.00. The van der Waals surface area contributed by atoms with E-state index in [2.05, 4.69) is 29.1 Å². The number of anilines is 1. The minimum absolute atomic E-state index is 0.0186. The zero-order valence-electron chi connectivity index (χ0n) is 16.0. The van der Waals surface area contributed by atoms with E-state index in [1.807, 2.05) is 67.7 Å². The molecule has 2 aromatic heterocycles. The smallest absolute Gasteiger partial charge is 0.233 e. The first-order valence-corrected chi connectivity index (χ1v) is 9.28. The molecule has 4 nitrogen and oxygen atoms in total. The number of nitrogens with one attached hydrogen (secondary N) is 1. The van der Waals surface area contributed by atoms with Crippen molar-refractivity contribution in [2.75, 3.05) is 5.32 Å². The van der Waals surface area contributed by atoms with Crippen molar-refractivity contribution in [3.05, 3.63) is 78.4 Å². The Morgan fingerprint density at radius 3 is 2.37 bits per heavy atom. The summed E-state index contributed by atoms with van der Waals surface area (Å²) in [6.07, 6.45) is 4.31. The van der Waals surface area contributed by atoms with Gasteiger partial charge < -0.3 is 5.32 Å². The van der Waals surface area contributed by atoms with Gasteiger partial charge in [0.05, 0.1) is 11.6 Å². The van der Waals surface area contributed by atoms with Gasteiger partial charge >= 0.3 is 0 Å². The van der Waals surface area contributed by atoms with Crippen molar-refractivity contribution in [2.45, 2.75) is 33.1 Å². The Kier molecular flexibility index (Phi) is 5.97. The average molecular weight is 359 g/mol. The topological polar surface area (TPSA) is 54.9 Å². The molecule has 4 heteroatoms. The second-order valence-corrected chi connectivity index (χ2v) is 7.19. The molecule has 3 aromatic rings. The molecular weight excluding hydrogens is 334 g/mol. The molecule has 1 N–H and O–H groups in total. The van der Waals surface area contributed by atoms with E-state index in [0.717, 1.165) is 34.6 Å². The minimum Gasteiger partial charge on any atom is -0.326 e. The molecule has 0 radical (unpaired) electrons. The molecule has 0 spiro atoms. The van der Waals surface area contributed by atoms with Gasteiger partial charge in [-0.2, -0.15) is 0 Å². The van der Waals surface area contributed by atoms with Gasteiger partial charge in [-0.15, -0.1) is 0 Å². The Hall–Kier alpha value is -3.01. The van der Waals surface area contributed by atoms with Crippen molar-refractivity contribution >= 4 is 11.6 Å². The van der Waals surface area contributed by atoms with Gasteiger partial charge in [0.25, 0.3) is 0 Å². The summed E-state index contributed by atoms with van der Waals surface area (Å²) in [6.45, 7) is 6.22. The Bertz CT molecular complexity index is 889. The molecule has 1 amide bonds. The zero-order valence-corrected chi connectivity index (χ0v) is 16.0. The van der Waals surface area contributed by atoms with Crippen LogP contribution in [-0.2, 0) is 4.79 Å². The highest BCUT2D eigenvalue weighted by Gasteiger charge is 2.23. The third-order valence-electron chi connectivity index (χ3n) is 4.45. The molecule has 0 bridgehead atoms. The van der Waals surface area contributed by atoms with Gasteiger partial charge in [-0.25, -0.2) is 0 Å². The number of amides is 1. The standard InChI is InChI=1S/C23H25N3O/c1-16(2)14-21(22-6-4-5-12-25-22)23(27)26-20-9-7-18(8-10-20)19-11-13-24-17(3)15-19/h4-13,15-16,21H,14H2,1-3H3,(H,26,27). The first-order valence-electron chi connectivity index (χ1n) is 9.28. The molecule has 0 fully saturated rings. The van der Waals surface area contributed by atoms with Crippen LogP contribution in [0, 0.1) is 12.8 Å². The summed E-state index contributed by atoms with van der Waals surface area (Å²) in [5, 5.41) is 3.04. The third-order valence-corrected chi connectivity index (χ3v) is 4.45. The zero-order chi connectivity index (χ0) is 19.2. The first-order chi connectivity index (χ1) is 13.0. The highest BCUT2D eigenvalue weighted by atomic mass is 16.1. The number of aromatic nitrogens is 2. The van der Waals surface area contributed by atoms with Gasteiger partial charge in [-0.05, 0) is 66.8 Å². The summed E-state index contributed by atoms with van der Waals surface area (Å²) in [7, 11) is 0. The van der Waals surface area contributed by atoms with E-state index < -0.39 is 0 Å². The molecule has 3 rings (SSSR count). The van der Waals surface area contributed by atoms with E-state index in [1.165, 1.54) is 0 Å². The molecule has 0 saturated heterocycles. The Labute approximate surface area is 160 Å². The maximum Gasteiger partial charge on any atom is 0.233 e. The number of carbonyl (C=O) groups excluding carboxylic acids is 1. The molecule has 2 heterocycles. The van der Waals surface area contributed by atoms with Crippen molar-refractivity contribution in [2.24, 2.45) is 5.92 Å². The number of nitrogens with zero attached hydrogens (tertiary/aromatic N) is 2. The van der Waals surface area contributed by atoms with Gasteiger partial charge in [0.2, 0.25) is 5.91 Å². The van der Waals surface area contributed by atoms with Crippen molar-refractivity contribution in [1.82, 2.24) is 9.97 Å². The SMILES string of the molecule is Cc1cc(-c2ccc(NC(=O)C(CC(C)C)c3ccccn3)cc2)ccn1. The predicted molar refractivity (Wildman–Crippen MR) is 109 cm³/mol. The number of benzene rings is 1. The van der Waals surface area contributed by atoms with Crippen LogP contribution in [0.25, 0.3) is 11.1 Å². The number of carbonyl (C=O) groups is 1. The summed E-state index contributed by atoms with van der Waals surface area (Å²) < 4.78 is 0. The number of hydrogen-bond acceptors (Lipinski definition) is 3. The molecular formula is C23H25N3O. The number of pyridine rings is 2. The maximum atomic E-state index is 12.9. The fourth-order valence-corrected chi connectivity index (χ4v) is 3.12. The predicted octanol–water partition coefficient (Wildman–Crippen LogP) is 5.22. The summed E-state index contributed by atoms with van der Waals surface area (Å²) >= 11 is 0. The molecule has 0 saturated carbocycles. The van der Waals surface area contributed by atoms with E-state index in [9.17, 15) is 4.79 Å². The summed E-state index contributed by atoms with van der Waals surface area (Å²) in [4.78, 5) is 21.5. The van der Waals surface area contributed by atoms with E-state index in [4.69, 9.17) is 0 Å². The van der Waals surface area contributed by atoms with Gasteiger partial charge in [0.15, 0.2) is 0 Å². The van der Waals surface area contributed by atoms with Crippen molar-refractivity contribution in [3.8, 4) is 11.1 Å². The Balaban J connectivity index is 1.75. The van der Waals surface area contributed by atoms with E-state index in [-0.39, 0.29) is 11.8 Å². The molecule has 1 unspecified atom stereocenters. The van der Waals surface area contributed by atoms with Crippen LogP contribution >= 0.6 is 0 Å². The van der Waals surface area contributed by atoms with Gasteiger partial charge in [0, 0.05) is 23.8 Å². The molecule has 0 aliphatic heterocycles. The Morgan fingerprint density at radius 1 is 0.963 bits per heavy atom. The lowest BCUT2D eigenvalue weighted by Gasteiger charge is -2.18. The Morgan fingerprint density at radius 2 is 1.74 bits per heavy atom. The van der Waals surface area contributed by atoms with Crippen LogP contribution in [0.15, 0.2) is 67.0 Å². The van der Waals surface area contributed by atoms with Crippen molar-refractivity contribution in [1.29, 1.82) is 0 Å². The monoisotopic (exact) mass is 359 g/mol. The van der Waals surface area contributed by atoms with Crippen LogP contribution in [0.2, 0.25) is 0 Å². The molecule has 0 aliphatic rings. The van der Waals surface area contributed by atoms with Gasteiger partial charge in [-0.3, -0.25) is 14.8 Å². The second kappa shape index (κ2) is 8.58. The average Bonchev–Trinajstić information content (AvgIpc) is 2.67. The minimum atomic E-state index is -0.256. The largest absolute Gasteiger partial charge is 0.326 e. The lowest BCUT2D eigenvalue weighted by molar-refractivity contribution is -0.118. The van der Waals surface area contributed by atoms with Gasteiger partial charge in [0.1, 0.15) is 0 Å².